The van der Waals surface area contributed by atoms with Crippen molar-refractivity contribution < 1.29 is 19.1 Å². The molecule has 0 aliphatic carbocycles. The van der Waals surface area contributed by atoms with Crippen molar-refractivity contribution in [3.8, 4) is 0 Å². The fourth-order valence-electron chi connectivity index (χ4n) is 4.09. The van der Waals surface area contributed by atoms with E-state index in [9.17, 15) is 14.7 Å². The van der Waals surface area contributed by atoms with Gasteiger partial charge >= 0.3 is 0 Å². The number of nitrogens with zero attached hydrogens (tertiary/aromatic N) is 4. The number of hydrogen-bond donors (Lipinski definition) is 1. The van der Waals surface area contributed by atoms with E-state index in [1.807, 2.05) is 37.2 Å². The predicted octanol–water partition coefficient (Wildman–Crippen LogP) is 2.92. The van der Waals surface area contributed by atoms with E-state index in [1.165, 1.54) is 4.90 Å². The van der Waals surface area contributed by atoms with Crippen LogP contribution in [0.4, 0.5) is 0 Å². The summed E-state index contributed by atoms with van der Waals surface area (Å²) in [6.45, 7) is 4.70. The number of aromatic nitrogens is 2. The van der Waals surface area contributed by atoms with Crippen LogP contribution in [0.2, 0.25) is 0 Å². The van der Waals surface area contributed by atoms with Gasteiger partial charge in [-0.15, -0.1) is 0 Å². The molecule has 1 atom stereocenters. The molecule has 4 rings (SSSR count). The zero-order valence-electron chi connectivity index (χ0n) is 18.1. The van der Waals surface area contributed by atoms with Crippen LogP contribution in [0, 0.1) is 13.8 Å². The Hall–Kier alpha value is -3.39. The van der Waals surface area contributed by atoms with Gasteiger partial charge in [-0.2, -0.15) is 0 Å². The molecule has 0 aromatic carbocycles. The van der Waals surface area contributed by atoms with Crippen LogP contribution in [0.1, 0.15) is 35.4 Å². The smallest absolute Gasteiger partial charge is 0.295 e. The van der Waals surface area contributed by atoms with Gasteiger partial charge < -0.3 is 19.3 Å². The minimum atomic E-state index is -0.787. The molecule has 0 spiro atoms. The van der Waals surface area contributed by atoms with Gasteiger partial charge in [0.2, 0.25) is 0 Å². The third-order valence-corrected chi connectivity index (χ3v) is 5.50. The number of amides is 1. The third-order valence-electron chi connectivity index (χ3n) is 5.50. The Morgan fingerprint density at radius 1 is 1.19 bits per heavy atom. The minimum Gasteiger partial charge on any atom is -0.505 e. The van der Waals surface area contributed by atoms with Crippen molar-refractivity contribution in [3.05, 3.63) is 65.0 Å². The summed E-state index contributed by atoms with van der Waals surface area (Å²) in [7, 11) is 3.91. The Morgan fingerprint density at radius 3 is 2.65 bits per heavy atom. The topological polar surface area (TPSA) is 91.3 Å². The van der Waals surface area contributed by atoms with E-state index in [-0.39, 0.29) is 11.3 Å². The Labute approximate surface area is 180 Å². The number of fused-ring (bicyclic) bond motifs is 1. The summed E-state index contributed by atoms with van der Waals surface area (Å²) in [6, 6.07) is 8.23. The lowest BCUT2D eigenvalue weighted by Crippen LogP contribution is -2.32. The van der Waals surface area contributed by atoms with Gasteiger partial charge in [0.25, 0.3) is 11.7 Å². The van der Waals surface area contributed by atoms with Crippen molar-refractivity contribution in [2.75, 3.05) is 27.2 Å². The maximum Gasteiger partial charge on any atom is 0.295 e. The monoisotopic (exact) mass is 422 g/mol. The van der Waals surface area contributed by atoms with E-state index in [2.05, 4.69) is 4.98 Å². The first kappa shape index (κ1) is 20.9. The molecule has 1 saturated heterocycles. The van der Waals surface area contributed by atoms with Gasteiger partial charge in [-0.05, 0) is 65.2 Å². The van der Waals surface area contributed by atoms with Crippen LogP contribution in [0.3, 0.4) is 0 Å². The zero-order chi connectivity index (χ0) is 22.3. The number of pyridine rings is 1. The fourth-order valence-corrected chi connectivity index (χ4v) is 4.09. The Bertz CT molecular complexity index is 1190. The molecular weight excluding hydrogens is 396 g/mol. The standard InChI is InChI=1S/C23H26N4O4/c1-14-9-10-16(31-14)20-18(22(29)23(30)27(20)13-7-11-25(3)4)21(28)19-15(2)24-17-8-5-6-12-26(17)19/h5-6,8-10,12,20,28H,7,11,13H2,1-4H3/b21-18+/t20-/m0/s1. The van der Waals surface area contributed by atoms with Crippen LogP contribution in [-0.2, 0) is 9.59 Å². The summed E-state index contributed by atoms with van der Waals surface area (Å²) in [5.74, 6) is -0.476. The van der Waals surface area contributed by atoms with Crippen LogP contribution >= 0.6 is 0 Å². The number of likely N-dealkylation sites (tertiary alicyclic amines) is 1. The summed E-state index contributed by atoms with van der Waals surface area (Å²) in [5.41, 5.74) is 1.64. The number of ketones is 1. The van der Waals surface area contributed by atoms with Crippen molar-refractivity contribution in [2.45, 2.75) is 26.3 Å². The summed E-state index contributed by atoms with van der Waals surface area (Å²) in [6.07, 6.45) is 2.45. The molecule has 1 fully saturated rings. The van der Waals surface area contributed by atoms with E-state index < -0.39 is 17.7 Å². The highest BCUT2D eigenvalue weighted by molar-refractivity contribution is 6.46. The summed E-state index contributed by atoms with van der Waals surface area (Å²) < 4.78 is 7.53. The van der Waals surface area contributed by atoms with Crippen molar-refractivity contribution in [1.29, 1.82) is 0 Å². The third kappa shape index (κ3) is 3.63. The molecule has 1 amide bonds. The second kappa shape index (κ2) is 8.03. The molecule has 3 aromatic heterocycles. The molecule has 0 bridgehead atoms. The number of carbonyl (C=O) groups excluding carboxylic acids is 2. The molecule has 0 saturated carbocycles. The maximum absolute atomic E-state index is 13.1. The number of aliphatic hydroxyl groups is 1. The van der Waals surface area contributed by atoms with Crippen LogP contribution < -0.4 is 0 Å². The Kier molecular flexibility index (Phi) is 5.41. The maximum atomic E-state index is 13.1. The number of carbonyl (C=O) groups is 2. The molecule has 1 aliphatic rings. The molecular formula is C23H26N4O4. The van der Waals surface area contributed by atoms with E-state index in [0.29, 0.717) is 41.5 Å². The molecule has 162 valence electrons. The fraction of sp³-hybridized carbons (Fsp3) is 0.348. The van der Waals surface area contributed by atoms with E-state index >= 15 is 0 Å². The molecule has 1 N–H and O–H groups in total. The van der Waals surface area contributed by atoms with E-state index in [1.54, 1.807) is 36.6 Å². The quantitative estimate of drug-likeness (QED) is 0.373. The highest BCUT2D eigenvalue weighted by Gasteiger charge is 2.47. The zero-order valence-corrected chi connectivity index (χ0v) is 18.1. The van der Waals surface area contributed by atoms with E-state index in [0.717, 1.165) is 6.54 Å². The normalized spacial score (nSPS) is 18.6. The van der Waals surface area contributed by atoms with Crippen molar-refractivity contribution in [1.82, 2.24) is 19.2 Å². The lowest BCUT2D eigenvalue weighted by molar-refractivity contribution is -0.140. The summed E-state index contributed by atoms with van der Waals surface area (Å²) in [4.78, 5) is 34.0. The van der Waals surface area contributed by atoms with Gasteiger partial charge in [-0.3, -0.25) is 14.0 Å². The van der Waals surface area contributed by atoms with Crippen molar-refractivity contribution >= 4 is 23.1 Å². The van der Waals surface area contributed by atoms with Crippen LogP contribution in [0.25, 0.3) is 11.4 Å². The Balaban J connectivity index is 1.86. The van der Waals surface area contributed by atoms with Gasteiger partial charge in [-0.1, -0.05) is 6.07 Å². The number of Topliss-reactive ketones (excluding diaryl/α,β-unsaturated/α-hetero) is 1. The molecule has 8 nitrogen and oxygen atoms in total. The first-order valence-corrected chi connectivity index (χ1v) is 10.2. The van der Waals surface area contributed by atoms with Gasteiger partial charge in [0.15, 0.2) is 5.76 Å². The predicted molar refractivity (Wildman–Crippen MR) is 116 cm³/mol. The lowest BCUT2D eigenvalue weighted by Gasteiger charge is -2.24. The molecule has 3 aromatic rings. The molecule has 0 radical (unpaired) electrons. The number of aryl methyl sites for hydroxylation is 2. The Morgan fingerprint density at radius 2 is 1.97 bits per heavy atom. The van der Waals surface area contributed by atoms with Crippen molar-refractivity contribution in [2.24, 2.45) is 0 Å². The van der Waals surface area contributed by atoms with Gasteiger partial charge in [0.1, 0.15) is 28.9 Å². The average molecular weight is 422 g/mol. The highest BCUT2D eigenvalue weighted by Crippen LogP contribution is 2.40. The first-order chi connectivity index (χ1) is 14.8. The van der Waals surface area contributed by atoms with Gasteiger partial charge in [-0.25, -0.2) is 4.98 Å². The number of furan rings is 1. The van der Waals surface area contributed by atoms with Crippen LogP contribution in [-0.4, -0.2) is 63.2 Å². The first-order valence-electron chi connectivity index (χ1n) is 10.2. The summed E-state index contributed by atoms with van der Waals surface area (Å²) in [5, 5.41) is 11.3. The van der Waals surface area contributed by atoms with Crippen LogP contribution in [0.15, 0.2) is 46.5 Å². The number of hydrogen-bond acceptors (Lipinski definition) is 6. The molecule has 31 heavy (non-hydrogen) atoms. The molecule has 0 unspecified atom stereocenters. The average Bonchev–Trinajstić information content (AvgIpc) is 3.36. The van der Waals surface area contributed by atoms with Gasteiger partial charge in [0, 0.05) is 12.7 Å². The second-order valence-electron chi connectivity index (χ2n) is 8.07. The SMILES string of the molecule is Cc1ccc([C@H]2/C(=C(\O)c3c(C)nc4ccccn34)C(=O)C(=O)N2CCCN(C)C)o1. The number of imidazole rings is 1. The van der Waals surface area contributed by atoms with E-state index in [4.69, 9.17) is 4.42 Å². The van der Waals surface area contributed by atoms with Crippen LogP contribution in [0.5, 0.6) is 0 Å². The largest absolute Gasteiger partial charge is 0.505 e. The lowest BCUT2D eigenvalue weighted by atomic mass is 10.0. The number of rotatable bonds is 6. The molecule has 4 heterocycles. The number of aliphatic hydroxyl groups excluding tert-OH is 1. The minimum absolute atomic E-state index is 0.0259. The highest BCUT2D eigenvalue weighted by atomic mass is 16.3. The molecule has 1 aliphatic heterocycles. The second-order valence-corrected chi connectivity index (χ2v) is 8.07. The van der Waals surface area contributed by atoms with Crippen molar-refractivity contribution in [3.63, 3.8) is 0 Å². The van der Waals surface area contributed by atoms with Gasteiger partial charge in [0.05, 0.1) is 11.3 Å². The summed E-state index contributed by atoms with van der Waals surface area (Å²) >= 11 is 0. The molecule has 8 heteroatoms.